The van der Waals surface area contributed by atoms with Crippen molar-refractivity contribution in [3.63, 3.8) is 0 Å². The van der Waals surface area contributed by atoms with Crippen LogP contribution in [-0.4, -0.2) is 0 Å². The van der Waals surface area contributed by atoms with Crippen LogP contribution >= 0.6 is 0 Å². The minimum absolute atomic E-state index is 1.14. The maximum absolute atomic E-state index is 2.44. The lowest BCUT2D eigenvalue weighted by Gasteiger charge is -2.14. The van der Waals surface area contributed by atoms with Gasteiger partial charge in [0.15, 0.2) is 0 Å². The summed E-state index contributed by atoms with van der Waals surface area (Å²) in [5.41, 5.74) is 10.1. The fraction of sp³-hybridized carbons (Fsp3) is 0.300. The molecule has 0 atom stereocenters. The van der Waals surface area contributed by atoms with Gasteiger partial charge in [0.25, 0.3) is 0 Å². The largest absolute Gasteiger partial charge is 0.0652 e. The highest BCUT2D eigenvalue weighted by Crippen LogP contribution is 2.38. The summed E-state index contributed by atoms with van der Waals surface area (Å²) in [6.07, 6.45) is 6.04. The third kappa shape index (κ3) is 2.20. The Labute approximate surface area is 122 Å². The van der Waals surface area contributed by atoms with Crippen molar-refractivity contribution in [2.75, 3.05) is 0 Å². The van der Waals surface area contributed by atoms with Crippen LogP contribution in [0.15, 0.2) is 42.0 Å². The highest BCUT2D eigenvalue weighted by molar-refractivity contribution is 5.84. The number of allylic oxidation sites excluding steroid dienone is 1. The highest BCUT2D eigenvalue weighted by Gasteiger charge is 2.18. The Morgan fingerprint density at radius 3 is 2.50 bits per heavy atom. The van der Waals surface area contributed by atoms with Crippen molar-refractivity contribution < 1.29 is 0 Å². The van der Waals surface area contributed by atoms with Crippen LogP contribution in [0, 0.1) is 13.8 Å². The molecule has 1 aliphatic carbocycles. The molecule has 20 heavy (non-hydrogen) atoms. The molecule has 0 spiro atoms. The van der Waals surface area contributed by atoms with Gasteiger partial charge in [-0.15, -0.1) is 0 Å². The third-order valence-corrected chi connectivity index (χ3v) is 4.30. The Balaban J connectivity index is 2.18. The summed E-state index contributed by atoms with van der Waals surface area (Å²) in [6.45, 7) is 6.70. The molecular weight excluding hydrogens is 240 g/mol. The number of fused-ring (bicyclic) bond motifs is 1. The van der Waals surface area contributed by atoms with E-state index in [9.17, 15) is 0 Å². The Morgan fingerprint density at radius 1 is 0.950 bits per heavy atom. The standard InChI is InChI=1S/C20H22/c1-4-7-16-12-17-11-10-15(3)20(19(17)13-16)18-9-6-5-8-14(18)2/h5-6,8-11,13H,4,7,12H2,1-3H3. The first-order valence-corrected chi connectivity index (χ1v) is 7.58. The molecule has 2 aromatic rings. The van der Waals surface area contributed by atoms with E-state index in [1.165, 1.54) is 46.2 Å². The molecule has 0 aliphatic heterocycles. The lowest BCUT2D eigenvalue weighted by Crippen LogP contribution is -1.93. The molecule has 0 heterocycles. The molecule has 0 amide bonds. The van der Waals surface area contributed by atoms with E-state index in [0.717, 1.165) is 6.42 Å². The second kappa shape index (κ2) is 5.28. The zero-order valence-electron chi connectivity index (χ0n) is 12.7. The first kappa shape index (κ1) is 13.2. The van der Waals surface area contributed by atoms with Gasteiger partial charge < -0.3 is 0 Å². The first-order valence-electron chi connectivity index (χ1n) is 7.58. The molecule has 0 saturated carbocycles. The fourth-order valence-corrected chi connectivity index (χ4v) is 3.28. The van der Waals surface area contributed by atoms with Crippen LogP contribution in [0.25, 0.3) is 17.2 Å². The maximum Gasteiger partial charge on any atom is -0.00576 e. The number of rotatable bonds is 3. The van der Waals surface area contributed by atoms with E-state index in [1.807, 2.05) is 0 Å². The molecular formula is C20H22. The van der Waals surface area contributed by atoms with Gasteiger partial charge in [0, 0.05) is 0 Å². The van der Waals surface area contributed by atoms with Crippen molar-refractivity contribution in [1.82, 2.24) is 0 Å². The van der Waals surface area contributed by atoms with Crippen LogP contribution in [0.5, 0.6) is 0 Å². The molecule has 0 N–H and O–H groups in total. The summed E-state index contributed by atoms with van der Waals surface area (Å²) in [7, 11) is 0. The Morgan fingerprint density at radius 2 is 1.75 bits per heavy atom. The summed E-state index contributed by atoms with van der Waals surface area (Å²) in [5, 5.41) is 0. The molecule has 0 aromatic heterocycles. The fourth-order valence-electron chi connectivity index (χ4n) is 3.28. The summed E-state index contributed by atoms with van der Waals surface area (Å²) in [4.78, 5) is 0. The van der Waals surface area contributed by atoms with Gasteiger partial charge in [0.1, 0.15) is 0 Å². The molecule has 1 aliphatic rings. The van der Waals surface area contributed by atoms with Gasteiger partial charge in [-0.25, -0.2) is 0 Å². The molecule has 0 saturated heterocycles. The van der Waals surface area contributed by atoms with E-state index in [4.69, 9.17) is 0 Å². The topological polar surface area (TPSA) is 0 Å². The average molecular weight is 262 g/mol. The molecule has 0 unspecified atom stereocenters. The van der Waals surface area contributed by atoms with E-state index < -0.39 is 0 Å². The summed E-state index contributed by atoms with van der Waals surface area (Å²) < 4.78 is 0. The number of benzene rings is 2. The molecule has 0 heteroatoms. The van der Waals surface area contributed by atoms with Gasteiger partial charge in [-0.05, 0) is 60.1 Å². The predicted molar refractivity (Wildman–Crippen MR) is 87.9 cm³/mol. The normalized spacial score (nSPS) is 13.2. The molecule has 102 valence electrons. The average Bonchev–Trinajstić information content (AvgIpc) is 2.83. The number of aryl methyl sites for hydroxylation is 2. The van der Waals surface area contributed by atoms with E-state index in [2.05, 4.69) is 63.2 Å². The maximum atomic E-state index is 2.44. The smallest absolute Gasteiger partial charge is 0.00576 e. The highest BCUT2D eigenvalue weighted by atomic mass is 14.2. The number of hydrogen-bond acceptors (Lipinski definition) is 0. The van der Waals surface area contributed by atoms with E-state index in [-0.39, 0.29) is 0 Å². The van der Waals surface area contributed by atoms with Gasteiger partial charge in [-0.3, -0.25) is 0 Å². The van der Waals surface area contributed by atoms with Crippen LogP contribution in [-0.2, 0) is 6.42 Å². The summed E-state index contributed by atoms with van der Waals surface area (Å²) in [6, 6.07) is 13.3. The monoisotopic (exact) mass is 262 g/mol. The minimum atomic E-state index is 1.14. The molecule has 0 radical (unpaired) electrons. The van der Waals surface area contributed by atoms with Gasteiger partial charge in [0.2, 0.25) is 0 Å². The third-order valence-electron chi connectivity index (χ3n) is 4.30. The van der Waals surface area contributed by atoms with Gasteiger partial charge in [-0.1, -0.05) is 61.4 Å². The number of hydrogen-bond donors (Lipinski definition) is 0. The van der Waals surface area contributed by atoms with Gasteiger partial charge in [0.05, 0.1) is 0 Å². The van der Waals surface area contributed by atoms with Crippen LogP contribution in [0.3, 0.4) is 0 Å². The molecule has 0 fully saturated rings. The quantitative estimate of drug-likeness (QED) is 0.664. The van der Waals surface area contributed by atoms with Crippen molar-refractivity contribution in [1.29, 1.82) is 0 Å². The SMILES string of the molecule is CCCC1=Cc2c(ccc(C)c2-c2ccccc2C)C1. The van der Waals surface area contributed by atoms with Gasteiger partial charge in [-0.2, -0.15) is 0 Å². The Kier molecular flexibility index (Phi) is 3.48. The Hall–Kier alpha value is -1.82. The lowest BCUT2D eigenvalue weighted by molar-refractivity contribution is 0.886. The second-order valence-electron chi connectivity index (χ2n) is 5.87. The first-order chi connectivity index (χ1) is 9.70. The van der Waals surface area contributed by atoms with Crippen LogP contribution < -0.4 is 0 Å². The van der Waals surface area contributed by atoms with Gasteiger partial charge >= 0.3 is 0 Å². The predicted octanol–water partition coefficient (Wildman–Crippen LogP) is 5.71. The van der Waals surface area contributed by atoms with Crippen LogP contribution in [0.2, 0.25) is 0 Å². The molecule has 3 rings (SSSR count). The zero-order valence-corrected chi connectivity index (χ0v) is 12.7. The lowest BCUT2D eigenvalue weighted by atomic mass is 9.90. The molecule has 0 nitrogen and oxygen atoms in total. The van der Waals surface area contributed by atoms with Crippen molar-refractivity contribution in [2.24, 2.45) is 0 Å². The zero-order chi connectivity index (χ0) is 14.1. The summed E-state index contributed by atoms with van der Waals surface area (Å²) >= 11 is 0. The van der Waals surface area contributed by atoms with Crippen molar-refractivity contribution in [2.45, 2.75) is 40.0 Å². The Bertz CT molecular complexity index is 674. The summed E-state index contributed by atoms with van der Waals surface area (Å²) in [5.74, 6) is 0. The molecule has 0 bridgehead atoms. The van der Waals surface area contributed by atoms with Crippen LogP contribution in [0.1, 0.15) is 42.0 Å². The van der Waals surface area contributed by atoms with Crippen LogP contribution in [0.4, 0.5) is 0 Å². The van der Waals surface area contributed by atoms with Crippen molar-refractivity contribution >= 4 is 6.08 Å². The minimum Gasteiger partial charge on any atom is -0.0652 e. The second-order valence-corrected chi connectivity index (χ2v) is 5.87. The van der Waals surface area contributed by atoms with Crippen molar-refractivity contribution in [3.05, 3.63) is 64.2 Å². The van der Waals surface area contributed by atoms with E-state index >= 15 is 0 Å². The van der Waals surface area contributed by atoms with E-state index in [1.54, 1.807) is 5.57 Å². The van der Waals surface area contributed by atoms with E-state index in [0.29, 0.717) is 0 Å². The van der Waals surface area contributed by atoms with Crippen molar-refractivity contribution in [3.8, 4) is 11.1 Å². The molecule has 2 aromatic carbocycles.